The number of methoxy groups -OCH3 is 1. The van der Waals surface area contributed by atoms with Crippen LogP contribution in [0.15, 0.2) is 45.3 Å². The number of carbonyl (C=O) groups excluding carboxylic acids is 1. The fourth-order valence-electron chi connectivity index (χ4n) is 2.33. The van der Waals surface area contributed by atoms with Crippen LogP contribution >= 0.6 is 31.9 Å². The number of hydrogen-bond donors (Lipinski definition) is 0. The quantitative estimate of drug-likeness (QED) is 0.702. The topological polar surface area (TPSA) is 35.5 Å². The lowest BCUT2D eigenvalue weighted by Gasteiger charge is -2.26. The highest BCUT2D eigenvalue weighted by molar-refractivity contribution is 9.13. The Morgan fingerprint density at radius 2 is 1.95 bits per heavy atom. The lowest BCUT2D eigenvalue weighted by atomic mass is 9.96. The van der Waals surface area contributed by atoms with Crippen molar-refractivity contribution in [3.63, 3.8) is 0 Å². The van der Waals surface area contributed by atoms with E-state index in [9.17, 15) is 4.79 Å². The Morgan fingerprint density at radius 3 is 2.67 bits per heavy atom. The Kier molecular flexibility index (Phi) is 4.04. The van der Waals surface area contributed by atoms with Gasteiger partial charge in [-0.25, -0.2) is 0 Å². The molecular weight excluding hydrogens is 400 g/mol. The highest BCUT2D eigenvalue weighted by Crippen LogP contribution is 2.38. The Morgan fingerprint density at radius 1 is 1.14 bits per heavy atom. The zero-order valence-electron chi connectivity index (χ0n) is 11.2. The van der Waals surface area contributed by atoms with Crippen molar-refractivity contribution in [3.8, 4) is 11.5 Å². The minimum absolute atomic E-state index is 0.0687. The van der Waals surface area contributed by atoms with E-state index in [0.717, 1.165) is 14.5 Å². The summed E-state index contributed by atoms with van der Waals surface area (Å²) in [6.07, 6.45) is 0.0663. The van der Waals surface area contributed by atoms with E-state index in [1.165, 1.54) is 0 Å². The molecule has 1 atom stereocenters. The highest BCUT2D eigenvalue weighted by Gasteiger charge is 2.28. The molecular formula is C16H12Br2O3. The molecule has 0 N–H and O–H groups in total. The molecule has 0 spiro atoms. The number of fused-ring (bicyclic) bond motifs is 1. The standard InChI is InChI=1S/C16H12Br2O3/c1-20-10-3-5-15-11(7-10)14(19)8-16(21-15)9-2-4-12(17)13(18)6-9/h2-7,16H,8H2,1H3. The van der Waals surface area contributed by atoms with Crippen LogP contribution in [0.2, 0.25) is 0 Å². The molecule has 108 valence electrons. The van der Waals surface area contributed by atoms with Gasteiger partial charge in [0.2, 0.25) is 0 Å². The van der Waals surface area contributed by atoms with Crippen LogP contribution in [0.5, 0.6) is 11.5 Å². The molecule has 0 fully saturated rings. The van der Waals surface area contributed by atoms with Crippen LogP contribution in [0.4, 0.5) is 0 Å². The van der Waals surface area contributed by atoms with E-state index in [4.69, 9.17) is 9.47 Å². The second kappa shape index (κ2) is 5.81. The van der Waals surface area contributed by atoms with Crippen molar-refractivity contribution in [1.82, 2.24) is 0 Å². The third kappa shape index (κ3) is 2.85. The largest absolute Gasteiger partial charge is 0.497 e. The summed E-state index contributed by atoms with van der Waals surface area (Å²) >= 11 is 6.91. The van der Waals surface area contributed by atoms with Gasteiger partial charge in [0.1, 0.15) is 17.6 Å². The van der Waals surface area contributed by atoms with Crippen LogP contribution in [0.1, 0.15) is 28.4 Å². The molecule has 0 aromatic heterocycles. The fourth-order valence-corrected chi connectivity index (χ4v) is 2.97. The molecule has 0 radical (unpaired) electrons. The van der Waals surface area contributed by atoms with Gasteiger partial charge in [0.25, 0.3) is 0 Å². The van der Waals surface area contributed by atoms with Crippen LogP contribution in [-0.2, 0) is 0 Å². The number of rotatable bonds is 2. The first-order chi connectivity index (χ1) is 10.1. The number of benzene rings is 2. The minimum Gasteiger partial charge on any atom is -0.497 e. The Balaban J connectivity index is 1.94. The highest BCUT2D eigenvalue weighted by atomic mass is 79.9. The Hall–Kier alpha value is -1.33. The van der Waals surface area contributed by atoms with Crippen LogP contribution in [0.3, 0.4) is 0 Å². The van der Waals surface area contributed by atoms with Gasteiger partial charge in [0, 0.05) is 8.95 Å². The van der Waals surface area contributed by atoms with Gasteiger partial charge in [-0.1, -0.05) is 6.07 Å². The average Bonchev–Trinajstić information content (AvgIpc) is 2.49. The zero-order chi connectivity index (χ0) is 15.0. The molecule has 3 rings (SSSR count). The number of halogens is 2. The van der Waals surface area contributed by atoms with Gasteiger partial charge in [-0.3, -0.25) is 4.79 Å². The van der Waals surface area contributed by atoms with Crippen molar-refractivity contribution in [2.24, 2.45) is 0 Å². The van der Waals surface area contributed by atoms with Crippen molar-refractivity contribution in [2.45, 2.75) is 12.5 Å². The molecule has 2 aromatic rings. The maximum absolute atomic E-state index is 12.3. The second-order valence-corrected chi connectivity index (χ2v) is 6.48. The minimum atomic E-state index is -0.261. The molecule has 1 aliphatic rings. The van der Waals surface area contributed by atoms with Gasteiger partial charge in [-0.2, -0.15) is 0 Å². The number of ether oxygens (including phenoxy) is 2. The average molecular weight is 412 g/mol. The Labute approximate surface area is 139 Å². The van der Waals surface area contributed by atoms with Crippen LogP contribution in [-0.4, -0.2) is 12.9 Å². The maximum atomic E-state index is 12.3. The molecule has 0 bridgehead atoms. The Bertz CT molecular complexity index is 713. The van der Waals surface area contributed by atoms with Crippen LogP contribution in [0.25, 0.3) is 0 Å². The second-order valence-electron chi connectivity index (χ2n) is 4.77. The van der Waals surface area contributed by atoms with Crippen LogP contribution in [0, 0.1) is 0 Å². The van der Waals surface area contributed by atoms with Gasteiger partial charge in [0.05, 0.1) is 19.1 Å². The van der Waals surface area contributed by atoms with E-state index in [2.05, 4.69) is 31.9 Å². The zero-order valence-corrected chi connectivity index (χ0v) is 14.4. The lowest BCUT2D eigenvalue weighted by molar-refractivity contribution is 0.0849. The molecule has 0 amide bonds. The third-order valence-electron chi connectivity index (χ3n) is 3.44. The van der Waals surface area contributed by atoms with Crippen molar-refractivity contribution in [2.75, 3.05) is 7.11 Å². The lowest BCUT2D eigenvalue weighted by Crippen LogP contribution is -2.20. The number of carbonyl (C=O) groups is 1. The first-order valence-electron chi connectivity index (χ1n) is 6.41. The first kappa shape index (κ1) is 14.6. The molecule has 3 nitrogen and oxygen atoms in total. The van der Waals surface area contributed by atoms with Gasteiger partial charge in [0.15, 0.2) is 5.78 Å². The smallest absolute Gasteiger partial charge is 0.170 e. The van der Waals surface area contributed by atoms with Gasteiger partial charge < -0.3 is 9.47 Å². The summed E-state index contributed by atoms with van der Waals surface area (Å²) in [7, 11) is 1.58. The van der Waals surface area contributed by atoms with E-state index >= 15 is 0 Å². The predicted molar refractivity (Wildman–Crippen MR) is 87.2 cm³/mol. The van der Waals surface area contributed by atoms with Crippen molar-refractivity contribution >= 4 is 37.6 Å². The molecule has 1 aliphatic heterocycles. The van der Waals surface area contributed by atoms with Gasteiger partial charge >= 0.3 is 0 Å². The molecule has 5 heteroatoms. The summed E-state index contributed by atoms with van der Waals surface area (Å²) in [5.74, 6) is 1.34. The summed E-state index contributed by atoms with van der Waals surface area (Å²) in [6.45, 7) is 0. The molecule has 21 heavy (non-hydrogen) atoms. The van der Waals surface area contributed by atoms with E-state index in [-0.39, 0.29) is 11.9 Å². The van der Waals surface area contributed by atoms with E-state index in [1.54, 1.807) is 25.3 Å². The van der Waals surface area contributed by atoms with Crippen LogP contribution < -0.4 is 9.47 Å². The van der Waals surface area contributed by atoms with E-state index < -0.39 is 0 Å². The summed E-state index contributed by atoms with van der Waals surface area (Å²) < 4.78 is 13.0. The van der Waals surface area contributed by atoms with Gasteiger partial charge in [-0.15, -0.1) is 0 Å². The molecule has 0 aliphatic carbocycles. The number of Topliss-reactive ketones (excluding diaryl/α,β-unsaturated/α-hetero) is 1. The van der Waals surface area contributed by atoms with Crippen molar-refractivity contribution < 1.29 is 14.3 Å². The first-order valence-corrected chi connectivity index (χ1v) is 8.00. The summed E-state index contributed by atoms with van der Waals surface area (Å²) in [5, 5.41) is 0. The third-order valence-corrected chi connectivity index (χ3v) is 5.32. The maximum Gasteiger partial charge on any atom is 0.170 e. The normalized spacial score (nSPS) is 17.1. The van der Waals surface area contributed by atoms with Gasteiger partial charge in [-0.05, 0) is 67.8 Å². The molecule has 0 saturated heterocycles. The van der Waals surface area contributed by atoms with E-state index in [0.29, 0.717) is 23.5 Å². The van der Waals surface area contributed by atoms with Crippen molar-refractivity contribution in [3.05, 3.63) is 56.5 Å². The monoisotopic (exact) mass is 410 g/mol. The molecule has 1 heterocycles. The number of hydrogen-bond acceptors (Lipinski definition) is 3. The summed E-state index contributed by atoms with van der Waals surface area (Å²) in [4.78, 5) is 12.3. The summed E-state index contributed by atoms with van der Waals surface area (Å²) in [6, 6.07) is 11.2. The van der Waals surface area contributed by atoms with Crippen molar-refractivity contribution in [1.29, 1.82) is 0 Å². The molecule has 1 unspecified atom stereocenters. The van der Waals surface area contributed by atoms with E-state index in [1.807, 2.05) is 18.2 Å². The fraction of sp³-hybridized carbons (Fsp3) is 0.188. The predicted octanol–water partition coefficient (Wildman–Crippen LogP) is 4.93. The number of ketones is 1. The SMILES string of the molecule is COc1ccc2c(c1)C(=O)CC(c1ccc(Br)c(Br)c1)O2. The molecule has 2 aromatic carbocycles. The summed E-state index contributed by atoms with van der Waals surface area (Å²) in [5.41, 5.74) is 1.56. The molecule has 0 saturated carbocycles.